The number of benzene rings is 1. The number of amides is 1. The number of aromatic nitrogens is 1. The number of oxazole rings is 1. The third kappa shape index (κ3) is 2.93. The van der Waals surface area contributed by atoms with Gasteiger partial charge in [-0.1, -0.05) is 0 Å². The molecule has 2 N–H and O–H groups in total. The summed E-state index contributed by atoms with van der Waals surface area (Å²) in [5.74, 6) is 1.12. The summed E-state index contributed by atoms with van der Waals surface area (Å²) in [7, 11) is 0. The Morgan fingerprint density at radius 3 is 2.74 bits per heavy atom. The Kier molecular flexibility index (Phi) is 3.55. The van der Waals surface area contributed by atoms with Crippen LogP contribution in [-0.4, -0.2) is 16.0 Å². The summed E-state index contributed by atoms with van der Waals surface area (Å²) in [5, 5.41) is 12.2. The van der Waals surface area contributed by atoms with E-state index in [2.05, 4.69) is 10.3 Å². The fourth-order valence-corrected chi connectivity index (χ4v) is 1.71. The lowest BCUT2D eigenvalue weighted by atomic mass is 10.1. The molecule has 100 valence electrons. The minimum Gasteiger partial charge on any atom is -0.508 e. The lowest BCUT2D eigenvalue weighted by Crippen LogP contribution is -2.26. The third-order valence-electron chi connectivity index (χ3n) is 2.82. The minimum absolute atomic E-state index is 0.174. The Labute approximate surface area is 111 Å². The minimum atomic E-state index is -0.310. The van der Waals surface area contributed by atoms with E-state index in [4.69, 9.17) is 4.42 Å². The standard InChI is InChI=1S/C14H16N2O3/c1-8-6-11(4-5-12(8)17)13(18)16-10(3)14-15-7-9(2)19-14/h4-7,10,17H,1-3H3,(H,16,18). The summed E-state index contributed by atoms with van der Waals surface area (Å²) in [6, 6.07) is 4.41. The van der Waals surface area contributed by atoms with E-state index >= 15 is 0 Å². The van der Waals surface area contributed by atoms with Crippen molar-refractivity contribution in [3.8, 4) is 5.75 Å². The van der Waals surface area contributed by atoms with E-state index in [9.17, 15) is 9.90 Å². The highest BCUT2D eigenvalue weighted by Gasteiger charge is 2.15. The lowest BCUT2D eigenvalue weighted by molar-refractivity contribution is 0.0934. The van der Waals surface area contributed by atoms with Gasteiger partial charge in [0.25, 0.3) is 5.91 Å². The van der Waals surface area contributed by atoms with Crippen molar-refractivity contribution < 1.29 is 14.3 Å². The van der Waals surface area contributed by atoms with Crippen molar-refractivity contribution in [1.29, 1.82) is 0 Å². The Morgan fingerprint density at radius 2 is 2.16 bits per heavy atom. The number of hydrogen-bond acceptors (Lipinski definition) is 4. The van der Waals surface area contributed by atoms with E-state index in [0.29, 0.717) is 22.8 Å². The van der Waals surface area contributed by atoms with Crippen LogP contribution in [0, 0.1) is 13.8 Å². The molecule has 2 aromatic rings. The quantitative estimate of drug-likeness (QED) is 0.889. The average molecular weight is 260 g/mol. The summed E-state index contributed by atoms with van der Waals surface area (Å²) in [6.07, 6.45) is 1.61. The van der Waals surface area contributed by atoms with E-state index in [1.165, 1.54) is 6.07 Å². The molecular formula is C14H16N2O3. The number of nitrogens with zero attached hydrogens (tertiary/aromatic N) is 1. The molecule has 1 atom stereocenters. The Bertz CT molecular complexity index is 604. The Hall–Kier alpha value is -2.30. The summed E-state index contributed by atoms with van der Waals surface area (Å²) < 4.78 is 5.36. The molecule has 1 aromatic heterocycles. The lowest BCUT2D eigenvalue weighted by Gasteiger charge is -2.11. The maximum absolute atomic E-state index is 12.0. The molecule has 2 rings (SSSR count). The monoisotopic (exact) mass is 260 g/mol. The first-order chi connectivity index (χ1) is 8.97. The number of carbonyl (C=O) groups is 1. The Balaban J connectivity index is 2.10. The number of carbonyl (C=O) groups excluding carboxylic acids is 1. The number of hydrogen-bond donors (Lipinski definition) is 2. The number of nitrogens with one attached hydrogen (secondary N) is 1. The molecule has 0 fully saturated rings. The van der Waals surface area contributed by atoms with Gasteiger partial charge in [-0.15, -0.1) is 0 Å². The van der Waals surface area contributed by atoms with E-state index in [0.717, 1.165) is 0 Å². The van der Waals surface area contributed by atoms with Gasteiger partial charge in [-0.05, 0) is 44.5 Å². The molecule has 0 radical (unpaired) electrons. The third-order valence-corrected chi connectivity index (χ3v) is 2.82. The molecule has 0 spiro atoms. The van der Waals surface area contributed by atoms with Crippen LogP contribution in [0.1, 0.15) is 40.5 Å². The van der Waals surface area contributed by atoms with Crippen molar-refractivity contribution in [1.82, 2.24) is 10.3 Å². The van der Waals surface area contributed by atoms with Crippen LogP contribution in [0.2, 0.25) is 0 Å². The maximum Gasteiger partial charge on any atom is 0.251 e. The number of phenols is 1. The highest BCUT2D eigenvalue weighted by Crippen LogP contribution is 2.18. The van der Waals surface area contributed by atoms with Crippen molar-refractivity contribution in [3.05, 3.63) is 47.2 Å². The van der Waals surface area contributed by atoms with Crippen LogP contribution in [0.25, 0.3) is 0 Å². The van der Waals surface area contributed by atoms with E-state index in [1.54, 1.807) is 39.1 Å². The molecule has 0 aliphatic carbocycles. The second-order valence-corrected chi connectivity index (χ2v) is 4.51. The summed E-state index contributed by atoms with van der Waals surface area (Å²) >= 11 is 0. The molecule has 1 aromatic carbocycles. The molecule has 0 aliphatic rings. The van der Waals surface area contributed by atoms with Crippen molar-refractivity contribution in [2.75, 3.05) is 0 Å². The maximum atomic E-state index is 12.0. The van der Waals surface area contributed by atoms with E-state index in [1.807, 2.05) is 0 Å². The molecular weight excluding hydrogens is 244 g/mol. The van der Waals surface area contributed by atoms with Gasteiger partial charge < -0.3 is 14.8 Å². The van der Waals surface area contributed by atoms with Gasteiger partial charge in [0.1, 0.15) is 17.6 Å². The normalized spacial score (nSPS) is 12.2. The summed E-state index contributed by atoms with van der Waals surface area (Å²) in [5.41, 5.74) is 1.15. The summed E-state index contributed by atoms with van der Waals surface area (Å²) in [4.78, 5) is 16.1. The fourth-order valence-electron chi connectivity index (χ4n) is 1.71. The van der Waals surface area contributed by atoms with Gasteiger partial charge in [-0.3, -0.25) is 4.79 Å². The van der Waals surface area contributed by atoms with E-state index in [-0.39, 0.29) is 17.7 Å². The van der Waals surface area contributed by atoms with Gasteiger partial charge in [0.05, 0.1) is 6.20 Å². The second kappa shape index (κ2) is 5.14. The van der Waals surface area contributed by atoms with Gasteiger partial charge in [0, 0.05) is 5.56 Å². The number of rotatable bonds is 3. The van der Waals surface area contributed by atoms with Crippen LogP contribution in [0.3, 0.4) is 0 Å². The molecule has 0 saturated carbocycles. The Morgan fingerprint density at radius 1 is 1.42 bits per heavy atom. The highest BCUT2D eigenvalue weighted by molar-refractivity contribution is 5.94. The molecule has 1 amide bonds. The van der Waals surface area contributed by atoms with Gasteiger partial charge >= 0.3 is 0 Å². The first kappa shape index (κ1) is 13.1. The van der Waals surface area contributed by atoms with Crippen LogP contribution in [0.15, 0.2) is 28.8 Å². The van der Waals surface area contributed by atoms with Crippen molar-refractivity contribution in [2.24, 2.45) is 0 Å². The smallest absolute Gasteiger partial charge is 0.251 e. The number of phenolic OH excluding ortho intramolecular Hbond substituents is 1. The molecule has 1 unspecified atom stereocenters. The van der Waals surface area contributed by atoms with E-state index < -0.39 is 0 Å². The van der Waals surface area contributed by atoms with Crippen LogP contribution in [0.5, 0.6) is 5.75 Å². The second-order valence-electron chi connectivity index (χ2n) is 4.51. The van der Waals surface area contributed by atoms with Crippen molar-refractivity contribution in [2.45, 2.75) is 26.8 Å². The zero-order valence-corrected chi connectivity index (χ0v) is 11.1. The molecule has 0 aliphatic heterocycles. The molecule has 0 saturated heterocycles. The highest BCUT2D eigenvalue weighted by atomic mass is 16.4. The molecule has 1 heterocycles. The van der Waals surface area contributed by atoms with Crippen molar-refractivity contribution in [3.63, 3.8) is 0 Å². The predicted molar refractivity (Wildman–Crippen MR) is 70.0 cm³/mol. The predicted octanol–water partition coefficient (Wildman–Crippen LogP) is 2.49. The summed E-state index contributed by atoms with van der Waals surface area (Å²) in [6.45, 7) is 5.35. The molecule has 5 heteroatoms. The molecule has 5 nitrogen and oxygen atoms in total. The van der Waals surface area contributed by atoms with Gasteiger partial charge in [-0.2, -0.15) is 0 Å². The topological polar surface area (TPSA) is 75.4 Å². The average Bonchev–Trinajstić information content (AvgIpc) is 2.79. The number of aryl methyl sites for hydroxylation is 2. The first-order valence-corrected chi connectivity index (χ1v) is 6.00. The first-order valence-electron chi connectivity index (χ1n) is 6.00. The van der Waals surface area contributed by atoms with Gasteiger partial charge in [-0.25, -0.2) is 4.98 Å². The zero-order chi connectivity index (χ0) is 14.0. The van der Waals surface area contributed by atoms with Crippen molar-refractivity contribution >= 4 is 5.91 Å². The fraction of sp³-hybridized carbons (Fsp3) is 0.286. The van der Waals surface area contributed by atoms with Crippen LogP contribution in [0.4, 0.5) is 0 Å². The zero-order valence-electron chi connectivity index (χ0n) is 11.1. The van der Waals surface area contributed by atoms with Gasteiger partial charge in [0.15, 0.2) is 0 Å². The molecule has 19 heavy (non-hydrogen) atoms. The van der Waals surface area contributed by atoms with Crippen LogP contribution in [-0.2, 0) is 0 Å². The largest absolute Gasteiger partial charge is 0.508 e. The van der Waals surface area contributed by atoms with Crippen LogP contribution < -0.4 is 5.32 Å². The SMILES string of the molecule is Cc1cnc(C(C)NC(=O)c2ccc(O)c(C)c2)o1. The number of aromatic hydroxyl groups is 1. The molecule has 0 bridgehead atoms. The van der Waals surface area contributed by atoms with Crippen LogP contribution >= 0.6 is 0 Å². The van der Waals surface area contributed by atoms with Gasteiger partial charge in [0.2, 0.25) is 5.89 Å².